The highest BCUT2D eigenvalue weighted by Gasteiger charge is 2.30. The first-order valence-electron chi connectivity index (χ1n) is 6.93. The van der Waals surface area contributed by atoms with Crippen molar-refractivity contribution in [1.82, 2.24) is 9.97 Å². The molecular formula is C17H11F3N2O. The number of pyridine rings is 1. The molecule has 2 heterocycles. The number of hydrogen-bond acceptors (Lipinski definition) is 2. The lowest BCUT2D eigenvalue weighted by Gasteiger charge is -2.07. The molecule has 4 rings (SSSR count). The highest BCUT2D eigenvalue weighted by atomic mass is 19.4. The second kappa shape index (κ2) is 4.62. The molecule has 0 bridgehead atoms. The smallest absolute Gasteiger partial charge is 0.416 e. The lowest BCUT2D eigenvalue weighted by molar-refractivity contribution is -0.137. The maximum Gasteiger partial charge on any atom is 0.416 e. The summed E-state index contributed by atoms with van der Waals surface area (Å²) in [6.07, 6.45) is -2.72. The quantitative estimate of drug-likeness (QED) is 0.542. The van der Waals surface area contributed by atoms with Crippen molar-refractivity contribution in [3.05, 3.63) is 48.2 Å². The zero-order valence-corrected chi connectivity index (χ0v) is 12.0. The van der Waals surface area contributed by atoms with Crippen molar-refractivity contribution in [2.75, 3.05) is 7.11 Å². The first-order chi connectivity index (χ1) is 11.0. The number of halogens is 3. The van der Waals surface area contributed by atoms with Gasteiger partial charge in [-0.1, -0.05) is 12.1 Å². The number of H-pyrrole nitrogens is 1. The summed E-state index contributed by atoms with van der Waals surface area (Å²) in [6.45, 7) is 0. The van der Waals surface area contributed by atoms with E-state index in [1.807, 2.05) is 12.1 Å². The highest BCUT2D eigenvalue weighted by Crippen LogP contribution is 2.36. The van der Waals surface area contributed by atoms with E-state index in [1.54, 1.807) is 19.4 Å². The van der Waals surface area contributed by atoms with Gasteiger partial charge in [0.2, 0.25) is 0 Å². The van der Waals surface area contributed by atoms with Crippen molar-refractivity contribution in [2.24, 2.45) is 0 Å². The minimum absolute atomic E-state index is 0.440. The summed E-state index contributed by atoms with van der Waals surface area (Å²) in [5.41, 5.74) is 1.19. The second-order valence-electron chi connectivity index (χ2n) is 5.28. The molecule has 2 aromatic carbocycles. The number of rotatable bonds is 1. The molecule has 0 aliphatic carbocycles. The predicted octanol–water partition coefficient (Wildman–Crippen LogP) is 4.90. The molecule has 6 heteroatoms. The number of aromatic amines is 1. The van der Waals surface area contributed by atoms with Crippen LogP contribution in [0.25, 0.3) is 32.7 Å². The molecule has 0 aliphatic rings. The number of hydrogen-bond donors (Lipinski definition) is 1. The first-order valence-corrected chi connectivity index (χ1v) is 6.93. The molecule has 0 saturated carbocycles. The molecule has 0 saturated heterocycles. The van der Waals surface area contributed by atoms with E-state index in [2.05, 4.69) is 9.97 Å². The standard InChI is InChI=1S/C17H11F3N2O/c1-23-14-4-2-3-10-12-8-21-13-6-5-9(17(18,19)20)7-11(13)15(12)22-16(10)14/h2-8,22H,1H3. The van der Waals surface area contributed by atoms with Crippen LogP contribution in [-0.2, 0) is 6.18 Å². The average molecular weight is 316 g/mol. The monoisotopic (exact) mass is 316 g/mol. The van der Waals surface area contributed by atoms with E-state index in [0.29, 0.717) is 22.2 Å². The largest absolute Gasteiger partial charge is 0.495 e. The summed E-state index contributed by atoms with van der Waals surface area (Å²) in [4.78, 5) is 7.47. The van der Waals surface area contributed by atoms with Gasteiger partial charge in [0, 0.05) is 22.4 Å². The van der Waals surface area contributed by atoms with Gasteiger partial charge < -0.3 is 9.72 Å². The SMILES string of the molecule is COc1cccc2c1[nH]c1c3cc(C(F)(F)F)ccc3ncc21. The van der Waals surface area contributed by atoms with E-state index in [1.165, 1.54) is 6.07 Å². The summed E-state index contributed by atoms with van der Waals surface area (Å²) in [7, 11) is 1.55. The Bertz CT molecular complexity index is 1050. The van der Waals surface area contributed by atoms with Gasteiger partial charge in [-0.2, -0.15) is 13.2 Å². The van der Waals surface area contributed by atoms with Crippen LogP contribution in [0, 0.1) is 0 Å². The number of para-hydroxylation sites is 1. The van der Waals surface area contributed by atoms with Crippen molar-refractivity contribution in [3.63, 3.8) is 0 Å². The van der Waals surface area contributed by atoms with Gasteiger partial charge in [-0.3, -0.25) is 4.98 Å². The molecule has 4 aromatic rings. The Morgan fingerprint density at radius 1 is 1.00 bits per heavy atom. The molecule has 0 spiro atoms. The van der Waals surface area contributed by atoms with Crippen LogP contribution < -0.4 is 4.74 Å². The van der Waals surface area contributed by atoms with Crippen LogP contribution in [0.1, 0.15) is 5.56 Å². The lowest BCUT2D eigenvalue weighted by atomic mass is 10.1. The summed E-state index contributed by atoms with van der Waals surface area (Å²) in [5.74, 6) is 0.638. The molecule has 0 radical (unpaired) electrons. The van der Waals surface area contributed by atoms with Crippen molar-refractivity contribution >= 4 is 32.7 Å². The van der Waals surface area contributed by atoms with Crippen LogP contribution in [0.3, 0.4) is 0 Å². The lowest BCUT2D eigenvalue weighted by Crippen LogP contribution is -2.04. The van der Waals surface area contributed by atoms with Gasteiger partial charge in [0.15, 0.2) is 0 Å². The van der Waals surface area contributed by atoms with Gasteiger partial charge in [0.25, 0.3) is 0 Å². The molecule has 1 N–H and O–H groups in total. The summed E-state index contributed by atoms with van der Waals surface area (Å²) in [6, 6.07) is 9.09. The minimum atomic E-state index is -4.39. The van der Waals surface area contributed by atoms with Crippen molar-refractivity contribution in [3.8, 4) is 5.75 Å². The Balaban J connectivity index is 2.15. The molecule has 0 amide bonds. The predicted molar refractivity (Wildman–Crippen MR) is 82.7 cm³/mol. The summed E-state index contributed by atoms with van der Waals surface area (Å²) < 4.78 is 44.3. The number of nitrogens with one attached hydrogen (secondary N) is 1. The van der Waals surface area contributed by atoms with Gasteiger partial charge >= 0.3 is 6.18 Å². The fraction of sp³-hybridized carbons (Fsp3) is 0.118. The Hall–Kier alpha value is -2.76. The number of aromatic nitrogens is 2. The van der Waals surface area contributed by atoms with E-state index in [9.17, 15) is 13.2 Å². The number of benzene rings is 2. The van der Waals surface area contributed by atoms with E-state index in [-0.39, 0.29) is 0 Å². The zero-order chi connectivity index (χ0) is 16.2. The van der Waals surface area contributed by atoms with E-state index in [4.69, 9.17) is 4.74 Å². The van der Waals surface area contributed by atoms with Gasteiger partial charge in [0.05, 0.1) is 29.2 Å². The van der Waals surface area contributed by atoms with E-state index in [0.717, 1.165) is 28.4 Å². The second-order valence-corrected chi connectivity index (χ2v) is 5.28. The molecule has 116 valence electrons. The molecule has 3 nitrogen and oxygen atoms in total. The summed E-state index contributed by atoms with van der Waals surface area (Å²) in [5, 5.41) is 2.08. The molecule has 2 aromatic heterocycles. The molecule has 0 atom stereocenters. The van der Waals surface area contributed by atoms with Crippen molar-refractivity contribution < 1.29 is 17.9 Å². The van der Waals surface area contributed by atoms with Crippen LogP contribution in [-0.4, -0.2) is 17.1 Å². The maximum absolute atomic E-state index is 13.0. The van der Waals surface area contributed by atoms with Gasteiger partial charge in [-0.25, -0.2) is 0 Å². The fourth-order valence-corrected chi connectivity index (χ4v) is 2.89. The molecule has 0 fully saturated rings. The molecule has 0 aliphatic heterocycles. The number of nitrogens with zero attached hydrogens (tertiary/aromatic N) is 1. The molecule has 0 unspecified atom stereocenters. The van der Waals surface area contributed by atoms with Crippen molar-refractivity contribution in [2.45, 2.75) is 6.18 Å². The van der Waals surface area contributed by atoms with Gasteiger partial charge in [0.1, 0.15) is 5.75 Å². The van der Waals surface area contributed by atoms with Crippen LogP contribution in [0.2, 0.25) is 0 Å². The van der Waals surface area contributed by atoms with Crippen LogP contribution in [0.4, 0.5) is 13.2 Å². The Kier molecular flexibility index (Phi) is 2.78. The van der Waals surface area contributed by atoms with Crippen LogP contribution >= 0.6 is 0 Å². The Labute approximate surface area is 128 Å². The minimum Gasteiger partial charge on any atom is -0.495 e. The Morgan fingerprint density at radius 3 is 2.57 bits per heavy atom. The number of alkyl halides is 3. The molecule has 23 heavy (non-hydrogen) atoms. The van der Waals surface area contributed by atoms with E-state index >= 15 is 0 Å². The molecular weight excluding hydrogens is 305 g/mol. The van der Waals surface area contributed by atoms with Crippen molar-refractivity contribution in [1.29, 1.82) is 0 Å². The maximum atomic E-state index is 13.0. The Morgan fingerprint density at radius 2 is 1.83 bits per heavy atom. The van der Waals surface area contributed by atoms with E-state index < -0.39 is 11.7 Å². The third kappa shape index (κ3) is 2.02. The number of ether oxygens (including phenoxy) is 1. The van der Waals surface area contributed by atoms with Gasteiger partial charge in [-0.05, 0) is 24.3 Å². The van der Waals surface area contributed by atoms with Crippen LogP contribution in [0.15, 0.2) is 42.6 Å². The van der Waals surface area contributed by atoms with Crippen LogP contribution in [0.5, 0.6) is 5.75 Å². The summed E-state index contributed by atoms with van der Waals surface area (Å²) >= 11 is 0. The fourth-order valence-electron chi connectivity index (χ4n) is 2.89. The zero-order valence-electron chi connectivity index (χ0n) is 12.0. The first kappa shape index (κ1) is 13.9. The normalized spacial score (nSPS) is 12.3. The number of fused-ring (bicyclic) bond motifs is 5. The highest BCUT2D eigenvalue weighted by molar-refractivity contribution is 6.16. The third-order valence-corrected chi connectivity index (χ3v) is 3.98. The third-order valence-electron chi connectivity index (χ3n) is 3.98. The van der Waals surface area contributed by atoms with Gasteiger partial charge in [-0.15, -0.1) is 0 Å². The average Bonchev–Trinajstić information content (AvgIpc) is 2.92. The number of methoxy groups -OCH3 is 1. The topological polar surface area (TPSA) is 37.9 Å².